The van der Waals surface area contributed by atoms with Gasteiger partial charge in [0, 0.05) is 0 Å². The molecule has 5 aromatic carbocycles. The summed E-state index contributed by atoms with van der Waals surface area (Å²) in [7, 11) is 0. The van der Waals surface area contributed by atoms with E-state index in [1.807, 2.05) is 0 Å². The summed E-state index contributed by atoms with van der Waals surface area (Å²) in [6.07, 6.45) is 0.974. The standard InChI is InChI=1S/C34H28/c1-22-9-6-13-25(17-22)30-21-31-29-16-5-4-12-26(29)20-32(31)34(28-15-8-11-24(3)19-28)33(30)27-14-7-10-23(2)18-27/h4-19,21H,20H2,1-3H3. The minimum atomic E-state index is 0.974. The highest BCUT2D eigenvalue weighted by Crippen LogP contribution is 2.50. The van der Waals surface area contributed by atoms with Crippen LogP contribution in [0.2, 0.25) is 0 Å². The van der Waals surface area contributed by atoms with Crippen molar-refractivity contribution in [2.24, 2.45) is 0 Å². The van der Waals surface area contributed by atoms with Crippen LogP contribution in [0.15, 0.2) is 103 Å². The first-order chi connectivity index (χ1) is 16.6. The summed E-state index contributed by atoms with van der Waals surface area (Å²) in [6, 6.07) is 38.3. The zero-order valence-corrected chi connectivity index (χ0v) is 20.0. The van der Waals surface area contributed by atoms with Crippen molar-refractivity contribution >= 4 is 0 Å². The summed E-state index contributed by atoms with van der Waals surface area (Å²) in [5, 5.41) is 0. The lowest BCUT2D eigenvalue weighted by Gasteiger charge is -2.22. The van der Waals surface area contributed by atoms with Gasteiger partial charge in [0.1, 0.15) is 0 Å². The largest absolute Gasteiger partial charge is 0.0619 e. The molecule has 0 radical (unpaired) electrons. The summed E-state index contributed by atoms with van der Waals surface area (Å²) >= 11 is 0. The molecule has 0 heteroatoms. The lowest BCUT2D eigenvalue weighted by molar-refractivity contribution is 1.26. The van der Waals surface area contributed by atoms with Crippen LogP contribution >= 0.6 is 0 Å². The number of fused-ring (bicyclic) bond motifs is 3. The van der Waals surface area contributed by atoms with Gasteiger partial charge in [-0.3, -0.25) is 0 Å². The monoisotopic (exact) mass is 436 g/mol. The third-order valence-corrected chi connectivity index (χ3v) is 7.05. The maximum Gasteiger partial charge on any atom is -0.000705 e. The van der Waals surface area contributed by atoms with Crippen LogP contribution in [0.1, 0.15) is 27.8 Å². The molecule has 0 amide bonds. The molecule has 5 aromatic rings. The van der Waals surface area contributed by atoms with Gasteiger partial charge in [-0.25, -0.2) is 0 Å². The molecule has 0 bridgehead atoms. The molecule has 0 fully saturated rings. The molecule has 0 saturated carbocycles. The lowest BCUT2D eigenvalue weighted by atomic mass is 9.82. The van der Waals surface area contributed by atoms with E-state index in [-0.39, 0.29) is 0 Å². The second-order valence-electron chi connectivity index (χ2n) is 9.64. The van der Waals surface area contributed by atoms with Crippen molar-refractivity contribution in [1.82, 2.24) is 0 Å². The van der Waals surface area contributed by atoms with Crippen LogP contribution in [0.4, 0.5) is 0 Å². The van der Waals surface area contributed by atoms with Crippen LogP contribution in [0.5, 0.6) is 0 Å². The molecule has 0 N–H and O–H groups in total. The summed E-state index contributed by atoms with van der Waals surface area (Å²) in [5.74, 6) is 0. The van der Waals surface area contributed by atoms with Crippen molar-refractivity contribution in [2.45, 2.75) is 27.2 Å². The smallest absolute Gasteiger partial charge is 0.000705 e. The van der Waals surface area contributed by atoms with E-state index in [1.54, 1.807) is 0 Å². The summed E-state index contributed by atoms with van der Waals surface area (Å²) < 4.78 is 0. The lowest BCUT2D eigenvalue weighted by Crippen LogP contribution is -1.97. The number of hydrogen-bond acceptors (Lipinski definition) is 0. The molecular weight excluding hydrogens is 408 g/mol. The first-order valence-electron chi connectivity index (χ1n) is 12.1. The Morgan fingerprint density at radius 1 is 0.441 bits per heavy atom. The Morgan fingerprint density at radius 3 is 1.65 bits per heavy atom. The number of hydrogen-bond donors (Lipinski definition) is 0. The maximum atomic E-state index is 2.45. The molecule has 34 heavy (non-hydrogen) atoms. The topological polar surface area (TPSA) is 0 Å². The third kappa shape index (κ3) is 3.47. The minimum Gasteiger partial charge on any atom is -0.0619 e. The fourth-order valence-corrected chi connectivity index (χ4v) is 5.54. The molecular formula is C34H28. The van der Waals surface area contributed by atoms with Gasteiger partial charge in [-0.1, -0.05) is 114 Å². The quantitative estimate of drug-likeness (QED) is 0.259. The molecule has 0 aromatic heterocycles. The molecule has 0 unspecified atom stereocenters. The van der Waals surface area contributed by atoms with E-state index in [1.165, 1.54) is 72.3 Å². The van der Waals surface area contributed by atoms with Gasteiger partial charge < -0.3 is 0 Å². The van der Waals surface area contributed by atoms with Crippen LogP contribution in [0, 0.1) is 20.8 Å². The predicted molar refractivity (Wildman–Crippen MR) is 145 cm³/mol. The zero-order chi connectivity index (χ0) is 23.2. The van der Waals surface area contributed by atoms with Gasteiger partial charge in [-0.15, -0.1) is 0 Å². The predicted octanol–water partition coefficient (Wildman–Crippen LogP) is 9.18. The molecule has 0 saturated heterocycles. The van der Waals surface area contributed by atoms with E-state index in [9.17, 15) is 0 Å². The van der Waals surface area contributed by atoms with Crippen molar-refractivity contribution in [1.29, 1.82) is 0 Å². The third-order valence-electron chi connectivity index (χ3n) is 7.05. The van der Waals surface area contributed by atoms with Crippen LogP contribution in [-0.4, -0.2) is 0 Å². The second kappa shape index (κ2) is 8.15. The van der Waals surface area contributed by atoms with Crippen molar-refractivity contribution in [3.05, 3.63) is 131 Å². The summed E-state index contributed by atoms with van der Waals surface area (Å²) in [6.45, 7) is 6.56. The van der Waals surface area contributed by atoms with E-state index in [0.29, 0.717) is 0 Å². The first-order valence-corrected chi connectivity index (χ1v) is 12.1. The van der Waals surface area contributed by atoms with Gasteiger partial charge in [-0.2, -0.15) is 0 Å². The van der Waals surface area contributed by atoms with Crippen LogP contribution in [0.3, 0.4) is 0 Å². The molecule has 164 valence electrons. The van der Waals surface area contributed by atoms with E-state index in [0.717, 1.165) is 6.42 Å². The Morgan fingerprint density at radius 2 is 1.00 bits per heavy atom. The van der Waals surface area contributed by atoms with Crippen LogP contribution < -0.4 is 0 Å². The second-order valence-corrected chi connectivity index (χ2v) is 9.64. The summed E-state index contributed by atoms with van der Waals surface area (Å²) in [5.41, 5.74) is 17.3. The van der Waals surface area contributed by atoms with E-state index < -0.39 is 0 Å². The molecule has 0 heterocycles. The van der Waals surface area contributed by atoms with Gasteiger partial charge in [0.2, 0.25) is 0 Å². The fraction of sp³-hybridized carbons (Fsp3) is 0.118. The zero-order valence-electron chi connectivity index (χ0n) is 20.0. The van der Waals surface area contributed by atoms with Gasteiger partial charge in [-0.05, 0) is 88.9 Å². The van der Waals surface area contributed by atoms with E-state index in [2.05, 4.69) is 124 Å². The van der Waals surface area contributed by atoms with Crippen molar-refractivity contribution < 1.29 is 0 Å². The van der Waals surface area contributed by atoms with Crippen LogP contribution in [-0.2, 0) is 6.42 Å². The Labute approximate surface area is 202 Å². The van der Waals surface area contributed by atoms with Crippen molar-refractivity contribution in [3.8, 4) is 44.5 Å². The first kappa shape index (κ1) is 20.7. The molecule has 6 rings (SSSR count). The maximum absolute atomic E-state index is 2.45. The summed E-state index contributed by atoms with van der Waals surface area (Å²) in [4.78, 5) is 0. The van der Waals surface area contributed by atoms with E-state index >= 15 is 0 Å². The van der Waals surface area contributed by atoms with Crippen LogP contribution in [0.25, 0.3) is 44.5 Å². The average Bonchev–Trinajstić information content (AvgIpc) is 3.21. The highest BCUT2D eigenvalue weighted by Gasteiger charge is 2.27. The van der Waals surface area contributed by atoms with Crippen molar-refractivity contribution in [3.63, 3.8) is 0 Å². The normalized spacial score (nSPS) is 11.9. The van der Waals surface area contributed by atoms with Gasteiger partial charge >= 0.3 is 0 Å². The average molecular weight is 437 g/mol. The molecule has 1 aliphatic rings. The van der Waals surface area contributed by atoms with Gasteiger partial charge in [0.15, 0.2) is 0 Å². The SMILES string of the molecule is Cc1cccc(-c2cc3c(c(-c4cccc(C)c4)c2-c2cccc(C)c2)Cc2ccccc2-3)c1. The Bertz CT molecular complexity index is 1550. The highest BCUT2D eigenvalue weighted by molar-refractivity contribution is 6.01. The number of benzene rings is 5. The Balaban J connectivity index is 1.78. The molecule has 0 atom stereocenters. The molecule has 1 aliphatic carbocycles. The minimum absolute atomic E-state index is 0.974. The van der Waals surface area contributed by atoms with E-state index in [4.69, 9.17) is 0 Å². The van der Waals surface area contributed by atoms with Gasteiger partial charge in [0.05, 0.1) is 0 Å². The molecule has 0 spiro atoms. The Kier molecular flexibility index (Phi) is 4.96. The molecule has 0 nitrogen and oxygen atoms in total. The fourth-order valence-electron chi connectivity index (χ4n) is 5.54. The highest BCUT2D eigenvalue weighted by atomic mass is 14.3. The van der Waals surface area contributed by atoms with Crippen molar-refractivity contribution in [2.75, 3.05) is 0 Å². The Hall–Kier alpha value is -3.90. The number of aryl methyl sites for hydroxylation is 3. The molecule has 0 aliphatic heterocycles. The number of rotatable bonds is 3. The van der Waals surface area contributed by atoms with Gasteiger partial charge in [0.25, 0.3) is 0 Å².